The number of hydrogen-bond acceptors (Lipinski definition) is 8. The molecular weight excluding hydrogens is 480 g/mol. The van der Waals surface area contributed by atoms with Gasteiger partial charge < -0.3 is 24.8 Å². The van der Waals surface area contributed by atoms with E-state index in [1.807, 2.05) is 0 Å². The van der Waals surface area contributed by atoms with Crippen LogP contribution in [0.2, 0.25) is 0 Å². The van der Waals surface area contributed by atoms with Gasteiger partial charge in [0.05, 0.1) is 42.6 Å². The number of ether oxygens (including phenoxy) is 3. The molecule has 1 saturated carbocycles. The number of nitrogens with zero attached hydrogens (tertiary/aromatic N) is 2. The molecule has 0 aromatic heterocycles. The summed E-state index contributed by atoms with van der Waals surface area (Å²) in [5, 5.41) is 25.0. The second-order valence-electron chi connectivity index (χ2n) is 9.48. The molecule has 1 aliphatic rings. The van der Waals surface area contributed by atoms with Gasteiger partial charge in [-0.2, -0.15) is 10.5 Å². The molecule has 0 amide bonds. The molecule has 1 aliphatic carbocycles. The van der Waals surface area contributed by atoms with E-state index in [9.17, 15) is 10.1 Å². The zero-order valence-electron chi connectivity index (χ0n) is 23.0. The molecule has 8 nitrogen and oxygen atoms in total. The number of anilines is 1. The van der Waals surface area contributed by atoms with Crippen LogP contribution in [0.3, 0.4) is 0 Å². The molecule has 0 radical (unpaired) electrons. The molecule has 0 saturated heterocycles. The average Bonchev–Trinajstić information content (AvgIpc) is 2.96. The molecule has 2 aromatic carbocycles. The monoisotopic (exact) mass is 520 g/mol. The second-order valence-corrected chi connectivity index (χ2v) is 9.48. The standard InChI is InChI=1S/C19H17N3O3.C11H23NO/c1-24-12-18(16-8-13(9-20)4-6-19(16)25-2)22-17-5-3-14(11-23)7-15(17)10-21;1-12-9-11-5-3-10(4-6-11)7-8-13-2/h3-8,11,18,22H,12H2,1-2H3;10-12H,3-9H2,1-2H3. The van der Waals surface area contributed by atoms with E-state index in [0.717, 1.165) is 24.0 Å². The Balaban J connectivity index is 0.000000328. The lowest BCUT2D eigenvalue weighted by Gasteiger charge is -2.28. The van der Waals surface area contributed by atoms with Gasteiger partial charge in [0.15, 0.2) is 0 Å². The van der Waals surface area contributed by atoms with Gasteiger partial charge in [-0.3, -0.25) is 4.79 Å². The van der Waals surface area contributed by atoms with E-state index in [4.69, 9.17) is 19.5 Å². The summed E-state index contributed by atoms with van der Waals surface area (Å²) in [4.78, 5) is 10.9. The van der Waals surface area contributed by atoms with E-state index in [1.54, 1.807) is 51.7 Å². The van der Waals surface area contributed by atoms with Crippen molar-refractivity contribution in [3.8, 4) is 17.9 Å². The quantitative estimate of drug-likeness (QED) is 0.371. The van der Waals surface area contributed by atoms with Crippen LogP contribution in [0.5, 0.6) is 5.75 Å². The first kappa shape index (κ1) is 30.8. The molecule has 38 heavy (non-hydrogen) atoms. The summed E-state index contributed by atoms with van der Waals surface area (Å²) in [7, 11) is 6.97. The Morgan fingerprint density at radius 2 is 1.74 bits per heavy atom. The Labute approximate surface area is 226 Å². The average molecular weight is 521 g/mol. The van der Waals surface area contributed by atoms with E-state index in [-0.39, 0.29) is 6.04 Å². The highest BCUT2D eigenvalue weighted by atomic mass is 16.5. The number of carbonyl (C=O) groups excluding carboxylic acids is 1. The molecule has 0 bridgehead atoms. The molecule has 1 fully saturated rings. The van der Waals surface area contributed by atoms with Crippen LogP contribution in [0.15, 0.2) is 36.4 Å². The molecule has 1 atom stereocenters. The molecule has 2 N–H and O–H groups in total. The van der Waals surface area contributed by atoms with Crippen LogP contribution in [0.1, 0.15) is 65.2 Å². The third-order valence-corrected chi connectivity index (χ3v) is 6.89. The number of nitriles is 2. The first-order valence-corrected chi connectivity index (χ1v) is 13.0. The van der Waals surface area contributed by atoms with E-state index in [1.165, 1.54) is 44.7 Å². The molecule has 0 aliphatic heterocycles. The Hall–Kier alpha value is -3.43. The van der Waals surface area contributed by atoms with Crippen LogP contribution in [0.25, 0.3) is 0 Å². The predicted octanol–water partition coefficient (Wildman–Crippen LogP) is 5.10. The molecule has 2 aromatic rings. The Morgan fingerprint density at radius 3 is 2.32 bits per heavy atom. The minimum Gasteiger partial charge on any atom is -0.496 e. The third kappa shape index (κ3) is 9.46. The lowest BCUT2D eigenvalue weighted by Crippen LogP contribution is -2.24. The highest BCUT2D eigenvalue weighted by Gasteiger charge is 2.20. The number of rotatable bonds is 12. The van der Waals surface area contributed by atoms with Gasteiger partial charge in [-0.05, 0) is 81.1 Å². The number of methoxy groups -OCH3 is 3. The van der Waals surface area contributed by atoms with Crippen molar-refractivity contribution in [2.75, 3.05) is 53.5 Å². The zero-order chi connectivity index (χ0) is 27.8. The molecule has 204 valence electrons. The van der Waals surface area contributed by atoms with Crippen LogP contribution in [-0.4, -0.2) is 54.4 Å². The first-order chi connectivity index (χ1) is 18.5. The fraction of sp³-hybridized carbons (Fsp3) is 0.500. The Kier molecular flexibility index (Phi) is 13.9. The number of carbonyl (C=O) groups is 1. The van der Waals surface area contributed by atoms with Crippen LogP contribution >= 0.6 is 0 Å². The van der Waals surface area contributed by atoms with Gasteiger partial charge in [0.2, 0.25) is 0 Å². The highest BCUT2D eigenvalue weighted by Crippen LogP contribution is 2.31. The summed E-state index contributed by atoms with van der Waals surface area (Å²) in [6.45, 7) is 2.45. The Morgan fingerprint density at radius 1 is 1.00 bits per heavy atom. The molecule has 0 spiro atoms. The summed E-state index contributed by atoms with van der Waals surface area (Å²) in [6, 6.07) is 13.8. The van der Waals surface area contributed by atoms with Gasteiger partial charge in [0, 0.05) is 32.0 Å². The lowest BCUT2D eigenvalue weighted by atomic mass is 9.81. The van der Waals surface area contributed by atoms with E-state index < -0.39 is 0 Å². The fourth-order valence-electron chi connectivity index (χ4n) is 4.79. The summed E-state index contributed by atoms with van der Waals surface area (Å²) in [6.07, 6.45) is 7.61. The lowest BCUT2D eigenvalue weighted by molar-refractivity contribution is 0.112. The van der Waals surface area contributed by atoms with Crippen molar-refractivity contribution in [1.82, 2.24) is 5.32 Å². The van der Waals surface area contributed by atoms with E-state index >= 15 is 0 Å². The summed E-state index contributed by atoms with van der Waals surface area (Å²) in [5.41, 5.74) is 2.58. The second kappa shape index (κ2) is 17.1. The van der Waals surface area contributed by atoms with Gasteiger partial charge in [-0.1, -0.05) is 12.8 Å². The maximum Gasteiger partial charge on any atom is 0.150 e. The largest absolute Gasteiger partial charge is 0.496 e. The maximum absolute atomic E-state index is 10.9. The minimum absolute atomic E-state index is 0.297. The van der Waals surface area contributed by atoms with E-state index in [0.29, 0.717) is 41.0 Å². The molecular formula is C30H40N4O4. The zero-order valence-corrected chi connectivity index (χ0v) is 23.0. The van der Waals surface area contributed by atoms with Gasteiger partial charge in [-0.25, -0.2) is 0 Å². The third-order valence-electron chi connectivity index (χ3n) is 6.89. The summed E-state index contributed by atoms with van der Waals surface area (Å²) in [5.74, 6) is 2.48. The normalized spacial score (nSPS) is 17.2. The van der Waals surface area contributed by atoms with Gasteiger partial charge in [0.25, 0.3) is 0 Å². The smallest absolute Gasteiger partial charge is 0.150 e. The molecule has 1 unspecified atom stereocenters. The first-order valence-electron chi connectivity index (χ1n) is 13.0. The van der Waals surface area contributed by atoms with Crippen molar-refractivity contribution < 1.29 is 19.0 Å². The molecule has 0 heterocycles. The number of nitrogens with one attached hydrogen (secondary N) is 2. The van der Waals surface area contributed by atoms with Crippen LogP contribution in [-0.2, 0) is 9.47 Å². The maximum atomic E-state index is 10.9. The number of benzene rings is 2. The SMILES string of the molecule is CNCC1CCC(CCOC)CC1.COCC(Nc1ccc(C=O)cc1C#N)c1cc(C#N)ccc1OC. The van der Waals surface area contributed by atoms with Crippen LogP contribution < -0.4 is 15.4 Å². The van der Waals surface area contributed by atoms with Crippen molar-refractivity contribution >= 4 is 12.0 Å². The van der Waals surface area contributed by atoms with Crippen molar-refractivity contribution in [1.29, 1.82) is 10.5 Å². The van der Waals surface area contributed by atoms with Gasteiger partial charge in [0.1, 0.15) is 18.1 Å². The molecule has 8 heteroatoms. The van der Waals surface area contributed by atoms with E-state index in [2.05, 4.69) is 29.8 Å². The number of aldehydes is 1. The highest BCUT2D eigenvalue weighted by molar-refractivity contribution is 5.78. The van der Waals surface area contributed by atoms with Gasteiger partial charge in [-0.15, -0.1) is 0 Å². The summed E-state index contributed by atoms with van der Waals surface area (Å²) >= 11 is 0. The fourth-order valence-corrected chi connectivity index (χ4v) is 4.79. The van der Waals surface area contributed by atoms with Crippen molar-refractivity contribution in [2.24, 2.45) is 11.8 Å². The Bertz CT molecular complexity index is 1080. The number of hydrogen-bond donors (Lipinski definition) is 2. The van der Waals surface area contributed by atoms with Crippen LogP contribution in [0.4, 0.5) is 5.69 Å². The topological polar surface area (TPSA) is 116 Å². The van der Waals surface area contributed by atoms with Crippen molar-refractivity contribution in [2.45, 2.75) is 38.1 Å². The van der Waals surface area contributed by atoms with Crippen LogP contribution in [0, 0.1) is 34.5 Å². The van der Waals surface area contributed by atoms with Gasteiger partial charge >= 0.3 is 0 Å². The summed E-state index contributed by atoms with van der Waals surface area (Å²) < 4.78 is 15.8. The van der Waals surface area contributed by atoms with Crippen molar-refractivity contribution in [3.05, 3.63) is 58.7 Å². The van der Waals surface area contributed by atoms with Crippen molar-refractivity contribution in [3.63, 3.8) is 0 Å². The minimum atomic E-state index is -0.345. The predicted molar refractivity (Wildman–Crippen MR) is 148 cm³/mol. The molecule has 3 rings (SSSR count).